The Bertz CT molecular complexity index is 1120. The number of benzene rings is 3. The van der Waals surface area contributed by atoms with Crippen LogP contribution in [-0.2, 0) is 0 Å². The highest BCUT2D eigenvalue weighted by Crippen LogP contribution is 2.27. The molecular formula is C22H17N3O4. The molecule has 1 atom stereocenters. The second-order valence-corrected chi connectivity index (χ2v) is 6.43. The average molecular weight is 387 g/mol. The van der Waals surface area contributed by atoms with Gasteiger partial charge in [-0.25, -0.2) is 0 Å². The fourth-order valence-electron chi connectivity index (χ4n) is 2.89. The molecule has 0 radical (unpaired) electrons. The van der Waals surface area contributed by atoms with E-state index in [1.54, 1.807) is 12.1 Å². The van der Waals surface area contributed by atoms with Gasteiger partial charge >= 0.3 is 0 Å². The Morgan fingerprint density at radius 1 is 0.966 bits per heavy atom. The average Bonchev–Trinajstić information content (AvgIpc) is 3.25. The first-order chi connectivity index (χ1) is 14.1. The first-order valence-corrected chi connectivity index (χ1v) is 9.01. The molecule has 7 nitrogen and oxygen atoms in total. The Hall–Kier alpha value is -4.00. The molecule has 4 aromatic rings. The van der Waals surface area contributed by atoms with E-state index in [0.29, 0.717) is 11.4 Å². The summed E-state index contributed by atoms with van der Waals surface area (Å²) in [5.74, 6) is 1.35. The quantitative estimate of drug-likeness (QED) is 0.323. The summed E-state index contributed by atoms with van der Waals surface area (Å²) in [6.45, 7) is 1.99. The van der Waals surface area contributed by atoms with Gasteiger partial charge in [0.05, 0.1) is 4.92 Å². The Balaban J connectivity index is 1.50. The minimum Gasteiger partial charge on any atom is -0.486 e. The molecule has 0 aliphatic rings. The van der Waals surface area contributed by atoms with Crippen LogP contribution < -0.4 is 4.74 Å². The number of non-ortho nitro benzene ring substituents is 1. The number of hydrogen-bond donors (Lipinski definition) is 0. The summed E-state index contributed by atoms with van der Waals surface area (Å²) in [5, 5.41) is 14.9. The molecule has 4 rings (SSSR count). The summed E-state index contributed by atoms with van der Waals surface area (Å²) in [4.78, 5) is 14.8. The number of nitro groups is 1. The zero-order valence-corrected chi connectivity index (χ0v) is 15.6. The largest absolute Gasteiger partial charge is 0.486 e. The maximum absolute atomic E-state index is 10.9. The van der Waals surface area contributed by atoms with E-state index in [2.05, 4.69) is 10.1 Å². The summed E-state index contributed by atoms with van der Waals surface area (Å²) in [5.41, 5.74) is 2.31. The Labute approximate surface area is 166 Å². The molecule has 1 aromatic heterocycles. The molecule has 0 aliphatic carbocycles. The van der Waals surface area contributed by atoms with Crippen molar-refractivity contribution in [3.05, 3.63) is 94.5 Å². The van der Waals surface area contributed by atoms with Crippen LogP contribution in [0.25, 0.3) is 22.8 Å². The van der Waals surface area contributed by atoms with Gasteiger partial charge < -0.3 is 9.26 Å². The van der Waals surface area contributed by atoms with Gasteiger partial charge in [-0.05, 0) is 42.8 Å². The highest BCUT2D eigenvalue weighted by atomic mass is 16.6. The molecule has 0 fully saturated rings. The summed E-state index contributed by atoms with van der Waals surface area (Å²) < 4.78 is 11.3. The van der Waals surface area contributed by atoms with Crippen LogP contribution in [0.1, 0.15) is 18.6 Å². The van der Waals surface area contributed by atoms with Gasteiger partial charge in [-0.15, -0.1) is 0 Å². The molecule has 0 saturated heterocycles. The monoisotopic (exact) mass is 387 g/mol. The van der Waals surface area contributed by atoms with Gasteiger partial charge in [0.25, 0.3) is 11.6 Å². The molecule has 3 aromatic carbocycles. The highest BCUT2D eigenvalue weighted by molar-refractivity contribution is 5.62. The van der Waals surface area contributed by atoms with Crippen LogP contribution in [0.5, 0.6) is 5.75 Å². The lowest BCUT2D eigenvalue weighted by molar-refractivity contribution is -0.384. The van der Waals surface area contributed by atoms with Gasteiger partial charge in [0.2, 0.25) is 5.82 Å². The van der Waals surface area contributed by atoms with Crippen molar-refractivity contribution in [3.8, 4) is 28.6 Å². The normalized spacial score (nSPS) is 11.8. The van der Waals surface area contributed by atoms with Crippen LogP contribution in [0.4, 0.5) is 5.69 Å². The molecule has 144 valence electrons. The van der Waals surface area contributed by atoms with Gasteiger partial charge in [-0.1, -0.05) is 41.6 Å². The summed E-state index contributed by atoms with van der Waals surface area (Å²) in [6, 6.07) is 23.4. The van der Waals surface area contributed by atoms with E-state index < -0.39 is 4.92 Å². The minimum atomic E-state index is -0.462. The van der Waals surface area contributed by atoms with Crippen LogP contribution >= 0.6 is 0 Å². The van der Waals surface area contributed by atoms with Crippen molar-refractivity contribution in [1.29, 1.82) is 0 Å². The van der Waals surface area contributed by atoms with E-state index in [9.17, 15) is 10.1 Å². The predicted molar refractivity (Wildman–Crippen MR) is 107 cm³/mol. The predicted octanol–water partition coefficient (Wildman–Crippen LogP) is 5.45. The van der Waals surface area contributed by atoms with Gasteiger partial charge in [0.1, 0.15) is 11.9 Å². The number of nitro benzene ring substituents is 1. The fraction of sp³-hybridized carbons (Fsp3) is 0.0909. The van der Waals surface area contributed by atoms with Crippen molar-refractivity contribution in [2.75, 3.05) is 0 Å². The van der Waals surface area contributed by atoms with Crippen molar-refractivity contribution in [2.45, 2.75) is 13.0 Å². The maximum atomic E-state index is 10.9. The fourth-order valence-corrected chi connectivity index (χ4v) is 2.89. The maximum Gasteiger partial charge on any atom is 0.270 e. The lowest BCUT2D eigenvalue weighted by atomic mass is 10.1. The van der Waals surface area contributed by atoms with E-state index in [1.807, 2.05) is 61.5 Å². The minimum absolute atomic E-state index is 0.0312. The number of hydrogen-bond acceptors (Lipinski definition) is 6. The van der Waals surface area contributed by atoms with E-state index in [0.717, 1.165) is 16.9 Å². The zero-order valence-electron chi connectivity index (χ0n) is 15.6. The first kappa shape index (κ1) is 18.4. The lowest BCUT2D eigenvalue weighted by Crippen LogP contribution is -2.02. The van der Waals surface area contributed by atoms with Crippen LogP contribution in [0.3, 0.4) is 0 Å². The number of aromatic nitrogens is 2. The number of ether oxygens (including phenoxy) is 1. The molecule has 0 bridgehead atoms. The standard InChI is InChI=1S/C22H17N3O4/c1-15(16-6-3-2-4-7-16)28-20-12-10-17(11-13-20)21-23-22(29-24-21)18-8-5-9-19(14-18)25(26)27/h2-15H,1H3. The number of nitrogens with zero attached hydrogens (tertiary/aromatic N) is 3. The van der Waals surface area contributed by atoms with E-state index >= 15 is 0 Å². The van der Waals surface area contributed by atoms with Gasteiger partial charge in [-0.2, -0.15) is 4.98 Å². The number of rotatable bonds is 6. The molecule has 0 aliphatic heterocycles. The third kappa shape index (κ3) is 4.14. The summed E-state index contributed by atoms with van der Waals surface area (Å²) in [6.07, 6.45) is -0.0762. The van der Waals surface area contributed by atoms with Crippen LogP contribution in [-0.4, -0.2) is 15.1 Å². The van der Waals surface area contributed by atoms with Crippen LogP contribution in [0.2, 0.25) is 0 Å². The molecule has 1 heterocycles. The van der Waals surface area contributed by atoms with Crippen molar-refractivity contribution in [2.24, 2.45) is 0 Å². The SMILES string of the molecule is CC(Oc1ccc(-c2noc(-c3cccc([N+](=O)[O-])c3)n2)cc1)c1ccccc1. The topological polar surface area (TPSA) is 91.3 Å². The van der Waals surface area contributed by atoms with Crippen LogP contribution in [0, 0.1) is 10.1 Å². The summed E-state index contributed by atoms with van der Waals surface area (Å²) >= 11 is 0. The van der Waals surface area contributed by atoms with Crippen molar-refractivity contribution < 1.29 is 14.2 Å². The van der Waals surface area contributed by atoms with Gasteiger partial charge in [0, 0.05) is 23.3 Å². The summed E-state index contributed by atoms with van der Waals surface area (Å²) in [7, 11) is 0. The molecule has 1 unspecified atom stereocenters. The Morgan fingerprint density at radius 3 is 2.45 bits per heavy atom. The van der Waals surface area contributed by atoms with E-state index in [-0.39, 0.29) is 17.7 Å². The second kappa shape index (κ2) is 7.93. The van der Waals surface area contributed by atoms with E-state index in [1.165, 1.54) is 12.1 Å². The first-order valence-electron chi connectivity index (χ1n) is 9.01. The third-order valence-corrected chi connectivity index (χ3v) is 4.42. The Kier molecular flexibility index (Phi) is 5.03. The smallest absolute Gasteiger partial charge is 0.270 e. The van der Waals surface area contributed by atoms with E-state index in [4.69, 9.17) is 9.26 Å². The highest BCUT2D eigenvalue weighted by Gasteiger charge is 2.14. The molecule has 0 amide bonds. The molecule has 29 heavy (non-hydrogen) atoms. The second-order valence-electron chi connectivity index (χ2n) is 6.43. The lowest BCUT2D eigenvalue weighted by Gasteiger charge is -2.15. The molecule has 7 heteroatoms. The van der Waals surface area contributed by atoms with Gasteiger partial charge in [0.15, 0.2) is 0 Å². The van der Waals surface area contributed by atoms with Gasteiger partial charge in [-0.3, -0.25) is 10.1 Å². The zero-order chi connectivity index (χ0) is 20.2. The van der Waals surface area contributed by atoms with Crippen molar-refractivity contribution >= 4 is 5.69 Å². The molecule has 0 saturated carbocycles. The molecular weight excluding hydrogens is 370 g/mol. The van der Waals surface area contributed by atoms with Crippen molar-refractivity contribution in [3.63, 3.8) is 0 Å². The van der Waals surface area contributed by atoms with Crippen molar-refractivity contribution in [1.82, 2.24) is 10.1 Å². The molecule has 0 N–H and O–H groups in total. The third-order valence-electron chi connectivity index (χ3n) is 4.42. The molecule has 0 spiro atoms. The Morgan fingerprint density at radius 2 is 1.72 bits per heavy atom. The van der Waals surface area contributed by atoms with Crippen LogP contribution in [0.15, 0.2) is 83.4 Å².